The topological polar surface area (TPSA) is 58.6 Å². The fourth-order valence-corrected chi connectivity index (χ4v) is 3.06. The van der Waals surface area contributed by atoms with Gasteiger partial charge >= 0.3 is 6.36 Å². The van der Waals surface area contributed by atoms with E-state index < -0.39 is 30.0 Å². The van der Waals surface area contributed by atoms with Crippen molar-refractivity contribution in [3.63, 3.8) is 0 Å². The van der Waals surface area contributed by atoms with Crippen LogP contribution in [0.2, 0.25) is 5.02 Å². The van der Waals surface area contributed by atoms with Crippen LogP contribution in [-0.4, -0.2) is 29.1 Å². The number of nitrogens with one attached hydrogen (secondary N) is 1. The summed E-state index contributed by atoms with van der Waals surface area (Å²) >= 11 is 5.90. The van der Waals surface area contributed by atoms with Gasteiger partial charge in [0, 0.05) is 22.8 Å². The van der Waals surface area contributed by atoms with Crippen molar-refractivity contribution in [2.45, 2.75) is 26.3 Å². The number of ether oxygens (including phenoxy) is 1. The van der Waals surface area contributed by atoms with Crippen LogP contribution in [0, 0.1) is 0 Å². The maximum absolute atomic E-state index is 12.9. The van der Waals surface area contributed by atoms with Gasteiger partial charge in [0.2, 0.25) is 0 Å². The van der Waals surface area contributed by atoms with E-state index in [-0.39, 0.29) is 17.0 Å². The minimum Gasteiger partial charge on any atom is -0.406 e. The fraction of sp³-hybridized carbons (Fsp3) is 0.200. The molecule has 152 valence electrons. The van der Waals surface area contributed by atoms with Crippen molar-refractivity contribution in [1.82, 2.24) is 4.90 Å². The molecule has 3 rings (SSSR count). The largest absolute Gasteiger partial charge is 0.573 e. The molecule has 1 heterocycles. The van der Waals surface area contributed by atoms with Crippen molar-refractivity contribution in [3.8, 4) is 5.75 Å². The summed E-state index contributed by atoms with van der Waals surface area (Å²) in [6.07, 6.45) is -4.85. The number of anilines is 1. The molecule has 5 nitrogen and oxygen atoms in total. The molecule has 0 saturated heterocycles. The van der Waals surface area contributed by atoms with Crippen molar-refractivity contribution >= 4 is 34.7 Å². The molecule has 2 aromatic carbocycles. The Hall–Kier alpha value is -3.00. The summed E-state index contributed by atoms with van der Waals surface area (Å²) in [6, 6.07) is 11.0. The van der Waals surface area contributed by atoms with E-state index in [0.717, 1.165) is 17.0 Å². The van der Waals surface area contributed by atoms with E-state index in [4.69, 9.17) is 11.6 Å². The zero-order valence-electron chi connectivity index (χ0n) is 15.4. The van der Waals surface area contributed by atoms with Crippen molar-refractivity contribution in [2.24, 2.45) is 0 Å². The average Bonchev–Trinajstić information content (AvgIpc) is 2.85. The molecule has 0 aromatic heterocycles. The lowest BCUT2D eigenvalue weighted by atomic mass is 10.0. The lowest BCUT2D eigenvalue weighted by Gasteiger charge is -2.19. The minimum atomic E-state index is -4.85. The summed E-state index contributed by atoms with van der Waals surface area (Å²) in [7, 11) is 0. The Balaban J connectivity index is 2.03. The van der Waals surface area contributed by atoms with Gasteiger partial charge in [-0.2, -0.15) is 0 Å². The van der Waals surface area contributed by atoms with Crippen LogP contribution in [0.1, 0.15) is 19.4 Å². The Bertz CT molecular complexity index is 985. The van der Waals surface area contributed by atoms with Gasteiger partial charge in [-0.25, -0.2) is 0 Å². The highest BCUT2D eigenvalue weighted by molar-refractivity contribution is 6.37. The predicted molar refractivity (Wildman–Crippen MR) is 102 cm³/mol. The van der Waals surface area contributed by atoms with Crippen molar-refractivity contribution in [3.05, 3.63) is 64.8 Å². The molecule has 0 fully saturated rings. The highest BCUT2D eigenvalue weighted by Crippen LogP contribution is 2.33. The molecular formula is C20H16ClF3N2O3. The van der Waals surface area contributed by atoms with Crippen molar-refractivity contribution in [2.75, 3.05) is 5.32 Å². The minimum absolute atomic E-state index is 0.0322. The molecule has 0 bridgehead atoms. The molecule has 0 aliphatic carbocycles. The van der Waals surface area contributed by atoms with Gasteiger partial charge in [0.25, 0.3) is 11.8 Å². The zero-order chi connectivity index (χ0) is 21.3. The molecule has 1 aliphatic heterocycles. The molecule has 0 spiro atoms. The van der Waals surface area contributed by atoms with E-state index >= 15 is 0 Å². The van der Waals surface area contributed by atoms with Crippen molar-refractivity contribution in [1.29, 1.82) is 0 Å². The number of carbonyl (C=O) groups excluding carboxylic acids is 2. The van der Waals surface area contributed by atoms with Crippen LogP contribution in [0.3, 0.4) is 0 Å². The SMILES string of the molecule is CC(C)N1C(=O)C(Nc2cccc(OC(F)(F)F)c2)=C(c2ccc(Cl)cc2)C1=O. The van der Waals surface area contributed by atoms with Gasteiger partial charge in [0.1, 0.15) is 11.4 Å². The molecule has 1 aliphatic rings. The van der Waals surface area contributed by atoms with Gasteiger partial charge in [0.05, 0.1) is 5.57 Å². The maximum Gasteiger partial charge on any atom is 0.573 e. The monoisotopic (exact) mass is 424 g/mol. The first-order valence-corrected chi connectivity index (χ1v) is 8.95. The Morgan fingerprint density at radius 2 is 1.69 bits per heavy atom. The lowest BCUT2D eigenvalue weighted by molar-refractivity contribution is -0.274. The molecule has 0 saturated carbocycles. The van der Waals surface area contributed by atoms with Crippen LogP contribution in [0.4, 0.5) is 18.9 Å². The number of nitrogens with zero attached hydrogens (tertiary/aromatic N) is 1. The Labute approximate surface area is 169 Å². The van der Waals surface area contributed by atoms with E-state index in [9.17, 15) is 22.8 Å². The van der Waals surface area contributed by atoms with Crippen LogP contribution < -0.4 is 10.1 Å². The third-order valence-corrected chi connectivity index (χ3v) is 4.35. The molecule has 9 heteroatoms. The fourth-order valence-electron chi connectivity index (χ4n) is 2.93. The number of alkyl halides is 3. The Kier molecular flexibility index (Phi) is 5.57. The van der Waals surface area contributed by atoms with E-state index in [2.05, 4.69) is 10.1 Å². The summed E-state index contributed by atoms with van der Waals surface area (Å²) in [5, 5.41) is 3.24. The first-order chi connectivity index (χ1) is 13.6. The van der Waals surface area contributed by atoms with Gasteiger partial charge in [-0.05, 0) is 43.7 Å². The quantitative estimate of drug-likeness (QED) is 0.698. The summed E-state index contributed by atoms with van der Waals surface area (Å²) < 4.78 is 41.3. The second-order valence-electron chi connectivity index (χ2n) is 6.53. The van der Waals surface area contributed by atoms with E-state index in [1.54, 1.807) is 38.1 Å². The Morgan fingerprint density at radius 1 is 1.03 bits per heavy atom. The normalized spacial score (nSPS) is 14.8. The molecule has 2 aromatic rings. The number of hydrogen-bond acceptors (Lipinski definition) is 4. The lowest BCUT2D eigenvalue weighted by Crippen LogP contribution is -2.38. The first-order valence-electron chi connectivity index (χ1n) is 8.58. The number of halogens is 4. The number of benzene rings is 2. The molecule has 1 N–H and O–H groups in total. The van der Waals surface area contributed by atoms with Gasteiger partial charge in [0.15, 0.2) is 0 Å². The maximum atomic E-state index is 12.9. The molecular weight excluding hydrogens is 409 g/mol. The number of carbonyl (C=O) groups is 2. The zero-order valence-corrected chi connectivity index (χ0v) is 16.1. The third-order valence-electron chi connectivity index (χ3n) is 4.10. The van der Waals surface area contributed by atoms with Crippen LogP contribution in [0.5, 0.6) is 5.75 Å². The highest BCUT2D eigenvalue weighted by Gasteiger charge is 2.40. The third kappa shape index (κ3) is 4.54. The van der Waals surface area contributed by atoms with Crippen molar-refractivity contribution < 1.29 is 27.5 Å². The van der Waals surface area contributed by atoms with Gasteiger partial charge in [-0.1, -0.05) is 29.8 Å². The van der Waals surface area contributed by atoms with Gasteiger partial charge in [-0.15, -0.1) is 13.2 Å². The summed E-state index contributed by atoms with van der Waals surface area (Å²) in [5.41, 5.74) is 0.707. The summed E-state index contributed by atoms with van der Waals surface area (Å²) in [5.74, 6) is -1.52. The highest BCUT2D eigenvalue weighted by atomic mass is 35.5. The summed E-state index contributed by atoms with van der Waals surface area (Å²) in [6.45, 7) is 3.38. The molecule has 0 unspecified atom stereocenters. The van der Waals surface area contributed by atoms with Gasteiger partial charge < -0.3 is 10.1 Å². The van der Waals surface area contributed by atoms with Crippen LogP contribution >= 0.6 is 11.6 Å². The molecule has 2 amide bonds. The van der Waals surface area contributed by atoms with E-state index in [0.29, 0.717) is 10.6 Å². The number of imide groups is 1. The molecule has 0 atom stereocenters. The Morgan fingerprint density at radius 3 is 2.28 bits per heavy atom. The van der Waals surface area contributed by atoms with Gasteiger partial charge in [-0.3, -0.25) is 14.5 Å². The second-order valence-corrected chi connectivity index (χ2v) is 6.97. The number of hydrogen-bond donors (Lipinski definition) is 1. The van der Waals surface area contributed by atoms with E-state index in [1.807, 2.05) is 0 Å². The molecule has 0 radical (unpaired) electrons. The second kappa shape index (κ2) is 7.79. The number of rotatable bonds is 5. The molecule has 29 heavy (non-hydrogen) atoms. The number of amides is 2. The van der Waals surface area contributed by atoms with Crippen LogP contribution in [0.15, 0.2) is 54.2 Å². The average molecular weight is 425 g/mol. The first kappa shape index (κ1) is 20.7. The van der Waals surface area contributed by atoms with Crippen LogP contribution in [-0.2, 0) is 9.59 Å². The van der Waals surface area contributed by atoms with Crippen LogP contribution in [0.25, 0.3) is 5.57 Å². The summed E-state index contributed by atoms with van der Waals surface area (Å²) in [4.78, 5) is 26.9. The predicted octanol–water partition coefficient (Wildman–Crippen LogP) is 4.84. The van der Waals surface area contributed by atoms with E-state index in [1.165, 1.54) is 12.1 Å². The standard InChI is InChI=1S/C20H16ClF3N2O3/c1-11(2)26-18(27)16(12-6-8-13(21)9-7-12)17(19(26)28)25-14-4-3-5-15(10-14)29-20(22,23)24/h3-11,25H,1-2H3. The smallest absolute Gasteiger partial charge is 0.406 e.